The first-order valence-corrected chi connectivity index (χ1v) is 11.7. The van der Waals surface area contributed by atoms with Gasteiger partial charge >= 0.3 is 0 Å². The van der Waals surface area contributed by atoms with Crippen LogP contribution in [0.15, 0.2) is 47.4 Å². The summed E-state index contributed by atoms with van der Waals surface area (Å²) < 4.78 is 0. The molecule has 2 aromatic carbocycles. The van der Waals surface area contributed by atoms with Gasteiger partial charge in [-0.25, -0.2) is 0 Å². The second-order valence-electron chi connectivity index (χ2n) is 6.99. The first-order valence-electron chi connectivity index (χ1n) is 9.63. The second-order valence-corrected chi connectivity index (χ2v) is 9.32. The third kappa shape index (κ3) is 7.38. The Morgan fingerprint density at radius 1 is 1.03 bits per heavy atom. The van der Waals surface area contributed by atoms with Crippen molar-refractivity contribution in [3.8, 4) is 0 Å². The van der Waals surface area contributed by atoms with Crippen molar-refractivity contribution in [2.45, 2.75) is 50.7 Å². The molecule has 0 fully saturated rings. The van der Waals surface area contributed by atoms with Crippen LogP contribution in [0.1, 0.15) is 32.8 Å². The third-order valence-corrected chi connectivity index (χ3v) is 6.54. The summed E-state index contributed by atoms with van der Waals surface area (Å²) in [6.45, 7) is 5.87. The van der Waals surface area contributed by atoms with E-state index in [-0.39, 0.29) is 30.2 Å². The highest BCUT2D eigenvalue weighted by molar-refractivity contribution is 8.00. The number of nitrogens with zero attached hydrogens (tertiary/aromatic N) is 1. The highest BCUT2D eigenvalue weighted by Gasteiger charge is 2.27. The summed E-state index contributed by atoms with van der Waals surface area (Å²) >= 11 is 19.6. The highest BCUT2D eigenvalue weighted by atomic mass is 35.5. The molecule has 0 heterocycles. The first kappa shape index (κ1) is 24.9. The van der Waals surface area contributed by atoms with E-state index in [9.17, 15) is 9.59 Å². The molecule has 4 nitrogen and oxygen atoms in total. The number of hydrogen-bond donors (Lipinski definition) is 1. The summed E-state index contributed by atoms with van der Waals surface area (Å²) in [6, 6.07) is 11.8. The number of nitrogens with one attached hydrogen (secondary N) is 1. The van der Waals surface area contributed by atoms with Gasteiger partial charge in [0.25, 0.3) is 0 Å². The smallest absolute Gasteiger partial charge is 0.242 e. The van der Waals surface area contributed by atoms with Crippen LogP contribution < -0.4 is 5.32 Å². The van der Waals surface area contributed by atoms with Gasteiger partial charge in [0.2, 0.25) is 11.8 Å². The molecule has 0 radical (unpaired) electrons. The van der Waals surface area contributed by atoms with Crippen molar-refractivity contribution in [2.24, 2.45) is 0 Å². The Labute approximate surface area is 197 Å². The number of amides is 2. The molecule has 0 bridgehead atoms. The number of rotatable bonds is 9. The van der Waals surface area contributed by atoms with Crippen molar-refractivity contribution < 1.29 is 9.59 Å². The molecule has 0 saturated carbocycles. The maximum atomic E-state index is 13.1. The minimum atomic E-state index is -0.649. The molecule has 8 heteroatoms. The average Bonchev–Trinajstić information content (AvgIpc) is 2.72. The Balaban J connectivity index is 2.18. The summed E-state index contributed by atoms with van der Waals surface area (Å²) in [5.74, 6) is -0.166. The zero-order chi connectivity index (χ0) is 22.3. The molecule has 0 aliphatic rings. The van der Waals surface area contributed by atoms with Crippen LogP contribution in [-0.2, 0) is 16.1 Å². The fraction of sp³-hybridized carbons (Fsp3) is 0.364. The molecule has 1 N–H and O–H groups in total. The molecule has 2 aromatic rings. The summed E-state index contributed by atoms with van der Waals surface area (Å²) in [6.07, 6.45) is 0.807. The molecule has 0 aliphatic heterocycles. The van der Waals surface area contributed by atoms with Gasteiger partial charge in [-0.1, -0.05) is 47.8 Å². The molecule has 30 heavy (non-hydrogen) atoms. The number of thioether (sulfide) groups is 1. The lowest BCUT2D eigenvalue weighted by molar-refractivity contribution is -0.138. The van der Waals surface area contributed by atoms with E-state index in [1.54, 1.807) is 42.2 Å². The van der Waals surface area contributed by atoms with Crippen molar-refractivity contribution in [2.75, 3.05) is 5.75 Å². The Bertz CT molecular complexity index is 877. The summed E-state index contributed by atoms with van der Waals surface area (Å²) in [7, 11) is 0. The standard InChI is InChI=1S/C22H25Cl3N2O2S/c1-4-14(2)26-22(29)15(3)27(12-16-5-6-18(24)11-20(16)25)21(28)13-30-19-9-7-17(23)8-10-19/h5-11,14-15H,4,12-13H2,1-3H3,(H,26,29)/t14-,15-/m0/s1. The monoisotopic (exact) mass is 486 g/mol. The van der Waals surface area contributed by atoms with Crippen LogP contribution in [0, 0.1) is 0 Å². The van der Waals surface area contributed by atoms with Gasteiger partial charge in [0.1, 0.15) is 6.04 Å². The predicted octanol–water partition coefficient (Wildman–Crippen LogP) is 6.07. The van der Waals surface area contributed by atoms with Gasteiger partial charge < -0.3 is 10.2 Å². The molecule has 2 atom stereocenters. The maximum Gasteiger partial charge on any atom is 0.242 e. The minimum Gasteiger partial charge on any atom is -0.352 e. The summed E-state index contributed by atoms with van der Waals surface area (Å²) in [5, 5.41) is 4.56. The van der Waals surface area contributed by atoms with Gasteiger partial charge in [0.15, 0.2) is 0 Å². The number of benzene rings is 2. The molecule has 0 aliphatic carbocycles. The Kier molecular flexibility index (Phi) is 9.82. The van der Waals surface area contributed by atoms with Crippen LogP contribution in [0.3, 0.4) is 0 Å². The lowest BCUT2D eigenvalue weighted by Crippen LogP contribution is -2.50. The maximum absolute atomic E-state index is 13.1. The Morgan fingerprint density at radius 2 is 1.67 bits per heavy atom. The van der Waals surface area contributed by atoms with Crippen LogP contribution in [0.2, 0.25) is 15.1 Å². The molecule has 0 spiro atoms. The van der Waals surface area contributed by atoms with Crippen molar-refractivity contribution in [3.05, 3.63) is 63.1 Å². The predicted molar refractivity (Wildman–Crippen MR) is 127 cm³/mol. The van der Waals surface area contributed by atoms with E-state index < -0.39 is 6.04 Å². The molecular weight excluding hydrogens is 463 g/mol. The molecule has 0 aromatic heterocycles. The quantitative estimate of drug-likeness (QED) is 0.437. The van der Waals surface area contributed by atoms with Gasteiger partial charge in [0, 0.05) is 32.5 Å². The van der Waals surface area contributed by atoms with E-state index in [0.717, 1.165) is 16.9 Å². The minimum absolute atomic E-state index is 0.0273. The molecule has 0 unspecified atom stereocenters. The van der Waals surface area contributed by atoms with Gasteiger partial charge in [-0.2, -0.15) is 0 Å². The fourth-order valence-corrected chi connectivity index (χ4v) is 4.02. The van der Waals surface area contributed by atoms with E-state index in [0.29, 0.717) is 15.1 Å². The molecular formula is C22H25Cl3N2O2S. The second kappa shape index (κ2) is 11.8. The van der Waals surface area contributed by atoms with Gasteiger partial charge in [0.05, 0.1) is 5.75 Å². The Morgan fingerprint density at radius 3 is 2.27 bits per heavy atom. The van der Waals surface area contributed by atoms with Gasteiger partial charge in [-0.3, -0.25) is 9.59 Å². The SMILES string of the molecule is CC[C@H](C)NC(=O)[C@H](C)N(Cc1ccc(Cl)cc1Cl)C(=O)CSc1ccc(Cl)cc1. The van der Waals surface area contributed by atoms with Gasteiger partial charge in [-0.15, -0.1) is 11.8 Å². The van der Waals surface area contributed by atoms with E-state index in [4.69, 9.17) is 34.8 Å². The zero-order valence-electron chi connectivity index (χ0n) is 17.1. The molecule has 0 saturated heterocycles. The van der Waals surface area contributed by atoms with E-state index in [1.807, 2.05) is 26.0 Å². The number of hydrogen-bond acceptors (Lipinski definition) is 3. The topological polar surface area (TPSA) is 49.4 Å². The van der Waals surface area contributed by atoms with Crippen molar-refractivity contribution in [3.63, 3.8) is 0 Å². The van der Waals surface area contributed by atoms with Crippen molar-refractivity contribution in [1.29, 1.82) is 0 Å². The lowest BCUT2D eigenvalue weighted by atomic mass is 10.1. The fourth-order valence-electron chi connectivity index (χ4n) is 2.64. The summed E-state index contributed by atoms with van der Waals surface area (Å²) in [4.78, 5) is 28.3. The zero-order valence-corrected chi connectivity index (χ0v) is 20.2. The van der Waals surface area contributed by atoms with Crippen LogP contribution in [0.25, 0.3) is 0 Å². The van der Waals surface area contributed by atoms with Crippen LogP contribution in [-0.4, -0.2) is 34.6 Å². The van der Waals surface area contributed by atoms with E-state index >= 15 is 0 Å². The Hall–Kier alpha value is -1.40. The van der Waals surface area contributed by atoms with Crippen LogP contribution >= 0.6 is 46.6 Å². The van der Waals surface area contributed by atoms with Crippen molar-refractivity contribution in [1.82, 2.24) is 10.2 Å². The van der Waals surface area contributed by atoms with E-state index in [2.05, 4.69) is 5.32 Å². The number of carbonyl (C=O) groups excluding carboxylic acids is 2. The van der Waals surface area contributed by atoms with Crippen molar-refractivity contribution >= 4 is 58.4 Å². The highest BCUT2D eigenvalue weighted by Crippen LogP contribution is 2.25. The molecule has 162 valence electrons. The largest absolute Gasteiger partial charge is 0.352 e. The number of halogens is 3. The van der Waals surface area contributed by atoms with Crippen LogP contribution in [0.4, 0.5) is 0 Å². The summed E-state index contributed by atoms with van der Waals surface area (Å²) in [5.41, 5.74) is 0.731. The average molecular weight is 488 g/mol. The molecule has 2 rings (SSSR count). The normalized spacial score (nSPS) is 12.9. The van der Waals surface area contributed by atoms with E-state index in [1.165, 1.54) is 11.8 Å². The lowest BCUT2D eigenvalue weighted by Gasteiger charge is -2.30. The molecule has 2 amide bonds. The van der Waals surface area contributed by atoms with Crippen LogP contribution in [0.5, 0.6) is 0 Å². The van der Waals surface area contributed by atoms with Gasteiger partial charge in [-0.05, 0) is 62.2 Å². The number of carbonyl (C=O) groups is 2. The third-order valence-electron chi connectivity index (χ3n) is 4.70. The first-order chi connectivity index (χ1) is 14.2.